The van der Waals surface area contributed by atoms with E-state index in [1.54, 1.807) is 0 Å². The maximum atomic E-state index is 6.06. The normalized spacial score (nSPS) is 26.4. The molecule has 2 aliphatic rings. The molecular weight excluding hydrogens is 236 g/mol. The van der Waals surface area contributed by atoms with Crippen molar-refractivity contribution in [1.82, 2.24) is 10.2 Å². The second kappa shape index (κ2) is 5.51. The highest BCUT2D eigenvalue weighted by molar-refractivity contribution is 5.40. The maximum Gasteiger partial charge on any atom is 0.123 e. The highest BCUT2D eigenvalue weighted by Gasteiger charge is 2.28. The van der Waals surface area contributed by atoms with Crippen molar-refractivity contribution in [2.24, 2.45) is 5.92 Å². The van der Waals surface area contributed by atoms with Gasteiger partial charge in [0.15, 0.2) is 0 Å². The summed E-state index contributed by atoms with van der Waals surface area (Å²) in [5.74, 6) is 1.91. The number of nitrogens with zero attached hydrogens (tertiary/aromatic N) is 1. The van der Waals surface area contributed by atoms with Crippen molar-refractivity contribution < 1.29 is 4.74 Å². The van der Waals surface area contributed by atoms with Crippen molar-refractivity contribution in [2.45, 2.75) is 25.9 Å². The van der Waals surface area contributed by atoms with Gasteiger partial charge in [0.2, 0.25) is 0 Å². The molecule has 0 aliphatic carbocycles. The fourth-order valence-electron chi connectivity index (χ4n) is 3.37. The lowest BCUT2D eigenvalue weighted by atomic mass is 10.1. The van der Waals surface area contributed by atoms with E-state index in [0.717, 1.165) is 31.2 Å². The Kier molecular flexibility index (Phi) is 3.76. The topological polar surface area (TPSA) is 24.5 Å². The molecule has 0 saturated carbocycles. The van der Waals surface area contributed by atoms with Crippen LogP contribution < -0.4 is 10.1 Å². The molecule has 0 radical (unpaired) electrons. The van der Waals surface area contributed by atoms with Crippen LogP contribution in [0.2, 0.25) is 0 Å². The average Bonchev–Trinajstić information content (AvgIpc) is 2.96. The van der Waals surface area contributed by atoms with Crippen LogP contribution in [0.1, 0.15) is 17.5 Å². The van der Waals surface area contributed by atoms with Gasteiger partial charge in [0.1, 0.15) is 11.9 Å². The van der Waals surface area contributed by atoms with Crippen LogP contribution in [0.4, 0.5) is 0 Å². The van der Waals surface area contributed by atoms with Gasteiger partial charge in [-0.2, -0.15) is 0 Å². The first-order chi connectivity index (χ1) is 9.24. The molecule has 3 heteroatoms. The van der Waals surface area contributed by atoms with Gasteiger partial charge in [0.25, 0.3) is 0 Å². The van der Waals surface area contributed by atoms with Crippen LogP contribution in [0.15, 0.2) is 18.2 Å². The van der Waals surface area contributed by atoms with Crippen LogP contribution in [0.5, 0.6) is 5.75 Å². The number of nitrogens with one attached hydrogen (secondary N) is 1. The summed E-state index contributed by atoms with van der Waals surface area (Å²) in [6, 6.07) is 6.53. The highest BCUT2D eigenvalue weighted by atomic mass is 16.5. The predicted molar refractivity (Wildman–Crippen MR) is 77.8 cm³/mol. The third kappa shape index (κ3) is 2.93. The van der Waals surface area contributed by atoms with E-state index >= 15 is 0 Å². The van der Waals surface area contributed by atoms with Gasteiger partial charge >= 0.3 is 0 Å². The Hall–Kier alpha value is -1.06. The Bertz CT molecular complexity index is 446. The molecule has 104 valence electrons. The zero-order chi connectivity index (χ0) is 13.2. The molecule has 1 N–H and O–H groups in total. The molecule has 3 rings (SSSR count). The fraction of sp³-hybridized carbons (Fsp3) is 0.625. The molecule has 1 fully saturated rings. The number of aryl methyl sites for hydroxylation is 1. The van der Waals surface area contributed by atoms with Crippen LogP contribution in [0, 0.1) is 12.8 Å². The van der Waals surface area contributed by atoms with Crippen LogP contribution in [0.3, 0.4) is 0 Å². The van der Waals surface area contributed by atoms with Crippen LogP contribution in [-0.2, 0) is 6.42 Å². The molecule has 0 spiro atoms. The highest BCUT2D eigenvalue weighted by Crippen LogP contribution is 2.30. The molecule has 1 aromatic carbocycles. The van der Waals surface area contributed by atoms with Crippen LogP contribution >= 0.6 is 0 Å². The summed E-state index contributed by atoms with van der Waals surface area (Å²) in [4.78, 5) is 2.56. The predicted octanol–water partition coefficient (Wildman–Crippen LogP) is 1.84. The molecule has 0 amide bonds. The lowest BCUT2D eigenvalue weighted by Gasteiger charge is -2.20. The van der Waals surface area contributed by atoms with Gasteiger partial charge < -0.3 is 10.1 Å². The van der Waals surface area contributed by atoms with Gasteiger partial charge in [-0.25, -0.2) is 0 Å². The fourth-order valence-corrected chi connectivity index (χ4v) is 3.37. The first-order valence-corrected chi connectivity index (χ1v) is 7.37. The lowest BCUT2D eigenvalue weighted by molar-refractivity contribution is 0.165. The first kappa shape index (κ1) is 12.9. The minimum absolute atomic E-state index is 0.352. The van der Waals surface area contributed by atoms with E-state index in [2.05, 4.69) is 35.3 Å². The number of ether oxygens (including phenoxy) is 1. The van der Waals surface area contributed by atoms with Crippen molar-refractivity contribution in [1.29, 1.82) is 0 Å². The summed E-state index contributed by atoms with van der Waals surface area (Å²) < 4.78 is 6.06. The van der Waals surface area contributed by atoms with Crippen LogP contribution in [0.25, 0.3) is 0 Å². The summed E-state index contributed by atoms with van der Waals surface area (Å²) in [5.41, 5.74) is 2.72. The second-order valence-electron chi connectivity index (χ2n) is 6.03. The number of rotatable bonds is 4. The third-order valence-electron chi connectivity index (χ3n) is 4.28. The first-order valence-electron chi connectivity index (χ1n) is 7.37. The van der Waals surface area contributed by atoms with Gasteiger partial charge in [-0.1, -0.05) is 17.7 Å². The molecule has 3 nitrogen and oxygen atoms in total. The van der Waals surface area contributed by atoms with E-state index in [9.17, 15) is 0 Å². The maximum absolute atomic E-state index is 6.06. The lowest BCUT2D eigenvalue weighted by Crippen LogP contribution is -2.34. The monoisotopic (exact) mass is 260 g/mol. The smallest absolute Gasteiger partial charge is 0.123 e. The molecule has 2 heterocycles. The third-order valence-corrected chi connectivity index (χ3v) is 4.28. The Morgan fingerprint density at radius 3 is 3.16 bits per heavy atom. The Morgan fingerprint density at radius 2 is 2.32 bits per heavy atom. The summed E-state index contributed by atoms with van der Waals surface area (Å²) >= 11 is 0. The Balaban J connectivity index is 1.54. The summed E-state index contributed by atoms with van der Waals surface area (Å²) in [7, 11) is 2.04. The van der Waals surface area contributed by atoms with Gasteiger partial charge in [-0.05, 0) is 51.0 Å². The molecule has 2 unspecified atom stereocenters. The minimum Gasteiger partial charge on any atom is -0.488 e. The van der Waals surface area contributed by atoms with Gasteiger partial charge in [-0.3, -0.25) is 4.90 Å². The van der Waals surface area contributed by atoms with Crippen molar-refractivity contribution in [3.05, 3.63) is 29.3 Å². The number of hydrogen-bond acceptors (Lipinski definition) is 3. The van der Waals surface area contributed by atoms with Crippen molar-refractivity contribution in [3.63, 3.8) is 0 Å². The van der Waals surface area contributed by atoms with E-state index < -0.39 is 0 Å². The second-order valence-corrected chi connectivity index (χ2v) is 6.03. The molecule has 2 aliphatic heterocycles. The minimum atomic E-state index is 0.352. The quantitative estimate of drug-likeness (QED) is 0.894. The van der Waals surface area contributed by atoms with E-state index in [4.69, 9.17) is 4.74 Å². The Labute approximate surface area is 115 Å². The number of hydrogen-bond donors (Lipinski definition) is 1. The summed E-state index contributed by atoms with van der Waals surface area (Å²) in [6.07, 6.45) is 2.74. The molecule has 0 aromatic heterocycles. The molecule has 1 aromatic rings. The standard InChI is InChI=1S/C16H24N2O/c1-12-3-4-16-14(7-12)8-15(19-16)11-18-6-5-13(10-18)9-17-2/h3-4,7,13,15,17H,5-6,8-11H2,1-2H3. The van der Waals surface area contributed by atoms with Crippen molar-refractivity contribution in [3.8, 4) is 5.75 Å². The summed E-state index contributed by atoms with van der Waals surface area (Å²) in [6.45, 7) is 6.81. The van der Waals surface area contributed by atoms with E-state index in [1.165, 1.54) is 30.6 Å². The number of likely N-dealkylation sites (tertiary alicyclic amines) is 1. The van der Waals surface area contributed by atoms with Gasteiger partial charge in [0.05, 0.1) is 0 Å². The van der Waals surface area contributed by atoms with E-state index in [-0.39, 0.29) is 0 Å². The van der Waals surface area contributed by atoms with E-state index in [0.29, 0.717) is 6.10 Å². The zero-order valence-corrected chi connectivity index (χ0v) is 12.0. The molecular formula is C16H24N2O. The molecule has 1 saturated heterocycles. The molecule has 2 atom stereocenters. The van der Waals surface area contributed by atoms with E-state index in [1.807, 2.05) is 7.05 Å². The van der Waals surface area contributed by atoms with Gasteiger partial charge in [0, 0.05) is 19.5 Å². The number of benzene rings is 1. The van der Waals surface area contributed by atoms with Gasteiger partial charge in [-0.15, -0.1) is 0 Å². The van der Waals surface area contributed by atoms with Crippen molar-refractivity contribution in [2.75, 3.05) is 33.2 Å². The molecule has 0 bridgehead atoms. The Morgan fingerprint density at radius 1 is 1.42 bits per heavy atom. The molecule has 19 heavy (non-hydrogen) atoms. The SMILES string of the molecule is CNCC1CCN(CC2Cc3cc(C)ccc3O2)C1. The van der Waals surface area contributed by atoms with Crippen molar-refractivity contribution >= 4 is 0 Å². The largest absolute Gasteiger partial charge is 0.488 e. The zero-order valence-electron chi connectivity index (χ0n) is 12.0. The average molecular weight is 260 g/mol. The summed E-state index contributed by atoms with van der Waals surface area (Å²) in [5, 5.41) is 3.29. The number of fused-ring (bicyclic) bond motifs is 1. The van der Waals surface area contributed by atoms with Crippen LogP contribution in [-0.4, -0.2) is 44.2 Å².